The fraction of sp³-hybridized carbons (Fsp3) is 0.317. The molecule has 262 valence electrons. The molecule has 51 heavy (non-hydrogen) atoms. The number of aromatic nitrogens is 4. The summed E-state index contributed by atoms with van der Waals surface area (Å²) in [6.45, 7) is 13.5. The van der Waals surface area contributed by atoms with Crippen LogP contribution in [0.2, 0.25) is 5.02 Å². The minimum atomic E-state index is 0.518. The summed E-state index contributed by atoms with van der Waals surface area (Å²) in [6.07, 6.45) is 3.70. The van der Waals surface area contributed by atoms with Crippen molar-refractivity contribution in [1.29, 1.82) is 0 Å². The molecule has 0 radical (unpaired) electrons. The molecule has 0 atom stereocenters. The largest absolute Gasteiger partial charge is 0.493 e. The summed E-state index contributed by atoms with van der Waals surface area (Å²) in [6, 6.07) is 26.6. The molecule has 4 aromatic carbocycles. The maximum absolute atomic E-state index is 6.38. The average Bonchev–Trinajstić information content (AvgIpc) is 3.18. The first-order valence-corrected chi connectivity index (χ1v) is 18.0. The molecule has 0 aliphatic carbocycles. The molecule has 0 spiro atoms. The van der Waals surface area contributed by atoms with Crippen LogP contribution in [-0.4, -0.2) is 79.1 Å². The number of hydrogen-bond acceptors (Lipinski definition) is 9. The third-order valence-corrected chi connectivity index (χ3v) is 9.26. The monoisotopic (exact) mass is 702 g/mol. The number of halogens is 1. The molecule has 10 heteroatoms. The molecule has 2 aliphatic heterocycles. The molecule has 8 rings (SSSR count). The number of fused-ring (bicyclic) bond motifs is 2. The van der Waals surface area contributed by atoms with Crippen LogP contribution in [0.15, 0.2) is 91.3 Å². The third kappa shape index (κ3) is 8.56. The third-order valence-electron chi connectivity index (χ3n) is 8.93. The minimum Gasteiger partial charge on any atom is -0.493 e. The van der Waals surface area contributed by atoms with Crippen molar-refractivity contribution in [2.24, 2.45) is 5.92 Å². The van der Waals surface area contributed by atoms with Gasteiger partial charge in [0, 0.05) is 36.8 Å². The Morgan fingerprint density at radius 1 is 0.647 bits per heavy atom. The van der Waals surface area contributed by atoms with Gasteiger partial charge in [-0.3, -0.25) is 9.97 Å². The predicted octanol–water partition coefficient (Wildman–Crippen LogP) is 8.26. The normalized spacial score (nSPS) is 14.8. The first-order chi connectivity index (χ1) is 24.9. The average molecular weight is 703 g/mol. The van der Waals surface area contributed by atoms with E-state index in [-0.39, 0.29) is 0 Å². The molecule has 0 amide bonds. The van der Waals surface area contributed by atoms with Crippen molar-refractivity contribution in [3.63, 3.8) is 0 Å². The van der Waals surface area contributed by atoms with Gasteiger partial charge in [-0.1, -0.05) is 61.3 Å². The molecule has 0 N–H and O–H groups in total. The van der Waals surface area contributed by atoms with Gasteiger partial charge >= 0.3 is 0 Å². The van der Waals surface area contributed by atoms with Crippen molar-refractivity contribution in [2.75, 3.05) is 69.0 Å². The van der Waals surface area contributed by atoms with Gasteiger partial charge in [0.15, 0.2) is 0 Å². The number of morpholine rings is 2. The molecule has 2 aromatic heterocycles. The Morgan fingerprint density at radius 3 is 1.75 bits per heavy atom. The van der Waals surface area contributed by atoms with E-state index in [2.05, 4.69) is 76.9 Å². The van der Waals surface area contributed by atoms with E-state index in [4.69, 9.17) is 35.8 Å². The van der Waals surface area contributed by atoms with Gasteiger partial charge in [-0.25, -0.2) is 9.97 Å². The van der Waals surface area contributed by atoms with Crippen molar-refractivity contribution in [3.05, 3.63) is 102 Å². The van der Waals surface area contributed by atoms with Crippen LogP contribution in [0, 0.1) is 12.8 Å². The summed E-state index contributed by atoms with van der Waals surface area (Å²) in [5, 5.41) is 0.747. The zero-order chi connectivity index (χ0) is 35.2. The van der Waals surface area contributed by atoms with Gasteiger partial charge in [0.25, 0.3) is 0 Å². The van der Waals surface area contributed by atoms with Gasteiger partial charge in [-0.2, -0.15) is 0 Å². The summed E-state index contributed by atoms with van der Waals surface area (Å²) in [5.74, 6) is 3.24. The van der Waals surface area contributed by atoms with Crippen molar-refractivity contribution in [3.8, 4) is 28.0 Å². The highest BCUT2D eigenvalue weighted by Gasteiger charge is 2.15. The predicted molar refractivity (Wildman–Crippen MR) is 206 cm³/mol. The van der Waals surface area contributed by atoms with Gasteiger partial charge in [-0.15, -0.1) is 0 Å². The van der Waals surface area contributed by atoms with E-state index < -0.39 is 0 Å². The van der Waals surface area contributed by atoms with E-state index in [1.165, 1.54) is 5.56 Å². The molecule has 2 aliphatic rings. The first-order valence-electron chi connectivity index (χ1n) is 17.6. The molecule has 9 nitrogen and oxygen atoms in total. The first kappa shape index (κ1) is 34.6. The van der Waals surface area contributed by atoms with Crippen molar-refractivity contribution in [2.45, 2.75) is 20.8 Å². The van der Waals surface area contributed by atoms with E-state index in [0.29, 0.717) is 5.92 Å². The standard InChI is InChI=1S/C22H25N3O2.C19H18ClN3O/c1-16(2)15-27-19-6-3-17(4-7-19)18-5-8-20-21(13-18)24-22(14-23-20)25-9-11-26-12-10-25;1-13-2-4-16(20)15(10-13)14-3-5-17-18(11-14)22-19(12-21-17)23-6-8-24-9-7-23/h3-8,13-14,16H,9-12,15H2,1-2H3;2-5,10-12H,6-9H2,1H3. The van der Waals surface area contributed by atoms with E-state index in [1.807, 2.05) is 54.9 Å². The molecular formula is C41H43ClN6O3. The Morgan fingerprint density at radius 2 is 1.18 bits per heavy atom. The number of nitrogens with zero attached hydrogens (tertiary/aromatic N) is 6. The maximum atomic E-state index is 6.38. The van der Waals surface area contributed by atoms with E-state index in [1.54, 1.807) is 0 Å². The lowest BCUT2D eigenvalue weighted by Gasteiger charge is -2.27. The van der Waals surface area contributed by atoms with Gasteiger partial charge in [-0.05, 0) is 78.1 Å². The molecule has 0 saturated carbocycles. The maximum Gasteiger partial charge on any atom is 0.148 e. The number of aryl methyl sites for hydroxylation is 1. The molecule has 2 fully saturated rings. The molecule has 2 saturated heterocycles. The lowest BCUT2D eigenvalue weighted by atomic mass is 10.0. The molecule has 0 bridgehead atoms. The lowest BCUT2D eigenvalue weighted by molar-refractivity contribution is 0.122. The molecule has 6 aromatic rings. The Labute approximate surface area is 304 Å². The van der Waals surface area contributed by atoms with E-state index in [9.17, 15) is 0 Å². The number of benzene rings is 4. The second-order valence-corrected chi connectivity index (χ2v) is 13.7. The summed E-state index contributed by atoms with van der Waals surface area (Å²) in [5.41, 5.74) is 9.14. The summed E-state index contributed by atoms with van der Waals surface area (Å²) in [7, 11) is 0. The van der Waals surface area contributed by atoms with Gasteiger partial charge in [0.1, 0.15) is 17.4 Å². The van der Waals surface area contributed by atoms with Crippen molar-refractivity contribution >= 4 is 45.3 Å². The Kier molecular flexibility index (Phi) is 10.9. The molecular weight excluding hydrogens is 660 g/mol. The summed E-state index contributed by atoms with van der Waals surface area (Å²) >= 11 is 6.38. The highest BCUT2D eigenvalue weighted by Crippen LogP contribution is 2.31. The van der Waals surface area contributed by atoms with Crippen LogP contribution < -0.4 is 14.5 Å². The van der Waals surface area contributed by atoms with Crippen molar-refractivity contribution in [1.82, 2.24) is 19.9 Å². The van der Waals surface area contributed by atoms with E-state index in [0.717, 1.165) is 126 Å². The quantitative estimate of drug-likeness (QED) is 0.163. The van der Waals surface area contributed by atoms with Crippen LogP contribution in [0.4, 0.5) is 11.6 Å². The van der Waals surface area contributed by atoms with Gasteiger partial charge in [0.2, 0.25) is 0 Å². The van der Waals surface area contributed by atoms with Crippen LogP contribution in [-0.2, 0) is 9.47 Å². The topological polar surface area (TPSA) is 85.7 Å². The highest BCUT2D eigenvalue weighted by atomic mass is 35.5. The van der Waals surface area contributed by atoms with Crippen molar-refractivity contribution < 1.29 is 14.2 Å². The van der Waals surface area contributed by atoms with Crippen LogP contribution >= 0.6 is 11.6 Å². The second-order valence-electron chi connectivity index (χ2n) is 13.3. The van der Waals surface area contributed by atoms with Crippen LogP contribution in [0.1, 0.15) is 19.4 Å². The van der Waals surface area contributed by atoms with Crippen LogP contribution in [0.5, 0.6) is 5.75 Å². The second kappa shape index (κ2) is 16.0. The van der Waals surface area contributed by atoms with Gasteiger partial charge < -0.3 is 24.0 Å². The van der Waals surface area contributed by atoms with Crippen LogP contribution in [0.25, 0.3) is 44.3 Å². The minimum absolute atomic E-state index is 0.518. The summed E-state index contributed by atoms with van der Waals surface area (Å²) in [4.78, 5) is 23.2. The SMILES string of the molecule is CC(C)COc1ccc(-c2ccc3ncc(N4CCOCC4)nc3c2)cc1.Cc1ccc(Cl)c(-c2ccc3ncc(N4CCOCC4)nc3c2)c1. The van der Waals surface area contributed by atoms with Gasteiger partial charge in [0.05, 0.1) is 67.5 Å². The smallest absolute Gasteiger partial charge is 0.148 e. The Balaban J connectivity index is 0.000000160. The Hall–Kier alpha value is -4.83. The Bertz CT molecular complexity index is 2100. The molecule has 0 unspecified atom stereocenters. The fourth-order valence-corrected chi connectivity index (χ4v) is 6.33. The lowest BCUT2D eigenvalue weighted by Crippen LogP contribution is -2.36. The van der Waals surface area contributed by atoms with Crippen LogP contribution in [0.3, 0.4) is 0 Å². The zero-order valence-electron chi connectivity index (χ0n) is 29.4. The zero-order valence-corrected chi connectivity index (χ0v) is 30.1. The number of ether oxygens (including phenoxy) is 3. The fourth-order valence-electron chi connectivity index (χ4n) is 6.11. The number of hydrogen-bond donors (Lipinski definition) is 0. The highest BCUT2D eigenvalue weighted by molar-refractivity contribution is 6.33. The number of rotatable bonds is 7. The number of anilines is 2. The molecule has 4 heterocycles. The summed E-state index contributed by atoms with van der Waals surface area (Å²) < 4.78 is 16.6. The van der Waals surface area contributed by atoms with E-state index >= 15 is 0 Å².